The highest BCUT2D eigenvalue weighted by Crippen LogP contribution is 2.34. The number of amides is 1. The zero-order valence-corrected chi connectivity index (χ0v) is 15.0. The lowest BCUT2D eigenvalue weighted by atomic mass is 9.73. The molecule has 4 heteroatoms. The van der Waals surface area contributed by atoms with Crippen molar-refractivity contribution in [1.29, 1.82) is 0 Å². The molecular formula is C18H34N2O2. The molecule has 4 nitrogen and oxygen atoms in total. The van der Waals surface area contributed by atoms with Crippen LogP contribution in [0.25, 0.3) is 0 Å². The van der Waals surface area contributed by atoms with Gasteiger partial charge < -0.3 is 15.0 Å². The van der Waals surface area contributed by atoms with Crippen molar-refractivity contribution < 1.29 is 9.53 Å². The first-order chi connectivity index (χ1) is 10.2. The van der Waals surface area contributed by atoms with Crippen molar-refractivity contribution in [1.82, 2.24) is 10.2 Å². The minimum absolute atomic E-state index is 0.158. The van der Waals surface area contributed by atoms with Crippen LogP contribution in [-0.2, 0) is 4.74 Å². The maximum absolute atomic E-state index is 12.3. The molecule has 1 N–H and O–H groups in total. The number of rotatable bonds is 3. The highest BCUT2D eigenvalue weighted by Gasteiger charge is 2.34. The Morgan fingerprint density at radius 2 is 1.86 bits per heavy atom. The number of likely N-dealkylation sites (tertiary alicyclic amines) is 1. The van der Waals surface area contributed by atoms with Crippen LogP contribution in [0.1, 0.15) is 66.7 Å². The van der Waals surface area contributed by atoms with Gasteiger partial charge in [-0.2, -0.15) is 0 Å². The van der Waals surface area contributed by atoms with Crippen molar-refractivity contribution in [2.75, 3.05) is 13.1 Å². The van der Waals surface area contributed by atoms with E-state index in [1.54, 1.807) is 0 Å². The highest BCUT2D eigenvalue weighted by molar-refractivity contribution is 5.68. The molecule has 0 radical (unpaired) electrons. The molecule has 2 fully saturated rings. The van der Waals surface area contributed by atoms with E-state index in [2.05, 4.69) is 19.2 Å². The van der Waals surface area contributed by atoms with E-state index < -0.39 is 5.60 Å². The average molecular weight is 310 g/mol. The van der Waals surface area contributed by atoms with Gasteiger partial charge in [-0.3, -0.25) is 0 Å². The fourth-order valence-corrected chi connectivity index (χ4v) is 3.45. The number of nitrogens with zero attached hydrogens (tertiary/aromatic N) is 1. The minimum atomic E-state index is -0.412. The van der Waals surface area contributed by atoms with Gasteiger partial charge in [0.2, 0.25) is 0 Å². The van der Waals surface area contributed by atoms with Crippen LogP contribution in [0.5, 0.6) is 0 Å². The third kappa shape index (κ3) is 5.15. The Morgan fingerprint density at radius 1 is 1.18 bits per heavy atom. The quantitative estimate of drug-likeness (QED) is 0.862. The Balaban J connectivity index is 1.81. The topological polar surface area (TPSA) is 41.6 Å². The van der Waals surface area contributed by atoms with E-state index in [-0.39, 0.29) is 6.09 Å². The summed E-state index contributed by atoms with van der Waals surface area (Å²) < 4.78 is 5.53. The van der Waals surface area contributed by atoms with Crippen LogP contribution < -0.4 is 5.32 Å². The summed E-state index contributed by atoms with van der Waals surface area (Å²) in [5.41, 5.74) is -0.412. The summed E-state index contributed by atoms with van der Waals surface area (Å²) in [7, 11) is 0. The summed E-state index contributed by atoms with van der Waals surface area (Å²) in [4.78, 5) is 14.2. The molecule has 0 bridgehead atoms. The summed E-state index contributed by atoms with van der Waals surface area (Å²) in [6, 6.07) is 1.07. The average Bonchev–Trinajstić information content (AvgIpc) is 2.56. The van der Waals surface area contributed by atoms with Gasteiger partial charge in [-0.15, -0.1) is 0 Å². The maximum atomic E-state index is 12.3. The normalized spacial score (nSPS) is 29.9. The van der Waals surface area contributed by atoms with Crippen molar-refractivity contribution in [3.05, 3.63) is 0 Å². The molecule has 1 saturated heterocycles. The highest BCUT2D eigenvalue weighted by atomic mass is 16.6. The molecule has 1 saturated carbocycles. The molecule has 2 aliphatic rings. The number of hydrogen-bond acceptors (Lipinski definition) is 3. The van der Waals surface area contributed by atoms with Gasteiger partial charge >= 0.3 is 6.09 Å². The molecule has 1 aliphatic carbocycles. The SMILES string of the molecule is CC(C)C1CC(NC2CCCCN(C(=O)OC(C)(C)C)C2)C1. The molecule has 128 valence electrons. The molecule has 0 aromatic heterocycles. The van der Waals surface area contributed by atoms with Gasteiger partial charge in [-0.25, -0.2) is 4.79 Å². The van der Waals surface area contributed by atoms with Crippen molar-refractivity contribution in [3.8, 4) is 0 Å². The second-order valence-corrected chi connectivity index (χ2v) is 8.46. The van der Waals surface area contributed by atoms with E-state index in [1.807, 2.05) is 25.7 Å². The molecule has 1 aliphatic heterocycles. The van der Waals surface area contributed by atoms with E-state index in [0.29, 0.717) is 12.1 Å². The Bertz CT molecular complexity index is 370. The molecule has 0 spiro atoms. The second-order valence-electron chi connectivity index (χ2n) is 8.46. The summed E-state index contributed by atoms with van der Waals surface area (Å²) in [5, 5.41) is 3.78. The van der Waals surface area contributed by atoms with Gasteiger partial charge in [0.25, 0.3) is 0 Å². The largest absolute Gasteiger partial charge is 0.444 e. The van der Waals surface area contributed by atoms with E-state index in [0.717, 1.165) is 31.3 Å². The molecule has 0 aromatic rings. The van der Waals surface area contributed by atoms with Crippen LogP contribution in [0, 0.1) is 11.8 Å². The van der Waals surface area contributed by atoms with Crippen LogP contribution in [0.4, 0.5) is 4.79 Å². The van der Waals surface area contributed by atoms with Crippen LogP contribution in [0.15, 0.2) is 0 Å². The second kappa shape index (κ2) is 7.20. The Hall–Kier alpha value is -0.770. The van der Waals surface area contributed by atoms with Gasteiger partial charge in [-0.1, -0.05) is 20.3 Å². The number of hydrogen-bond donors (Lipinski definition) is 1. The van der Waals surface area contributed by atoms with Gasteiger partial charge in [0.05, 0.1) is 0 Å². The van der Waals surface area contributed by atoms with Crippen LogP contribution in [0.2, 0.25) is 0 Å². The van der Waals surface area contributed by atoms with Crippen molar-refractivity contribution >= 4 is 6.09 Å². The fourth-order valence-electron chi connectivity index (χ4n) is 3.45. The predicted molar refractivity (Wildman–Crippen MR) is 89.9 cm³/mol. The Labute approximate surface area is 136 Å². The van der Waals surface area contributed by atoms with Crippen LogP contribution >= 0.6 is 0 Å². The van der Waals surface area contributed by atoms with E-state index in [1.165, 1.54) is 25.7 Å². The summed E-state index contributed by atoms with van der Waals surface area (Å²) in [6.45, 7) is 12.0. The lowest BCUT2D eigenvalue weighted by Gasteiger charge is -2.41. The number of carbonyl (C=O) groups excluding carboxylic acids is 1. The molecule has 1 unspecified atom stereocenters. The molecule has 1 heterocycles. The summed E-state index contributed by atoms with van der Waals surface area (Å²) in [5.74, 6) is 1.68. The lowest BCUT2D eigenvalue weighted by molar-refractivity contribution is 0.0235. The smallest absolute Gasteiger partial charge is 0.410 e. The van der Waals surface area contributed by atoms with Crippen molar-refractivity contribution in [3.63, 3.8) is 0 Å². The molecule has 2 rings (SSSR count). The van der Waals surface area contributed by atoms with Gasteiger partial charge in [0.15, 0.2) is 0 Å². The Morgan fingerprint density at radius 3 is 2.45 bits per heavy atom. The lowest BCUT2D eigenvalue weighted by Crippen LogP contribution is -2.51. The first-order valence-corrected chi connectivity index (χ1v) is 8.98. The zero-order chi connectivity index (χ0) is 16.3. The van der Waals surface area contributed by atoms with Crippen molar-refractivity contribution in [2.24, 2.45) is 11.8 Å². The third-order valence-electron chi connectivity index (χ3n) is 4.91. The minimum Gasteiger partial charge on any atom is -0.444 e. The third-order valence-corrected chi connectivity index (χ3v) is 4.91. The number of nitrogens with one attached hydrogen (secondary N) is 1. The monoisotopic (exact) mass is 310 g/mol. The van der Waals surface area contributed by atoms with Gasteiger partial charge in [0, 0.05) is 25.2 Å². The molecule has 1 amide bonds. The Kier molecular flexibility index (Phi) is 5.76. The van der Waals surface area contributed by atoms with E-state index in [9.17, 15) is 4.79 Å². The maximum Gasteiger partial charge on any atom is 0.410 e. The van der Waals surface area contributed by atoms with Crippen LogP contribution in [0.3, 0.4) is 0 Å². The number of carbonyl (C=O) groups is 1. The zero-order valence-electron chi connectivity index (χ0n) is 15.0. The first-order valence-electron chi connectivity index (χ1n) is 8.98. The number of ether oxygens (including phenoxy) is 1. The molecule has 1 atom stereocenters. The van der Waals surface area contributed by atoms with Gasteiger partial charge in [0.1, 0.15) is 5.60 Å². The standard InChI is InChI=1S/C18H34N2O2/c1-13(2)14-10-16(11-14)19-15-8-6-7-9-20(12-15)17(21)22-18(3,4)5/h13-16,19H,6-12H2,1-5H3. The van der Waals surface area contributed by atoms with E-state index in [4.69, 9.17) is 4.74 Å². The molecular weight excluding hydrogens is 276 g/mol. The molecule has 0 aromatic carbocycles. The van der Waals surface area contributed by atoms with E-state index >= 15 is 0 Å². The first kappa shape index (κ1) is 17.6. The van der Waals surface area contributed by atoms with Crippen molar-refractivity contribution in [2.45, 2.75) is 84.4 Å². The van der Waals surface area contributed by atoms with Gasteiger partial charge in [-0.05, 0) is 58.3 Å². The summed E-state index contributed by atoms with van der Waals surface area (Å²) in [6.07, 6.45) is 5.87. The van der Waals surface area contributed by atoms with Crippen LogP contribution in [-0.4, -0.2) is 41.8 Å². The predicted octanol–water partition coefficient (Wildman–Crippen LogP) is 3.80. The molecule has 22 heavy (non-hydrogen) atoms. The fraction of sp³-hybridized carbons (Fsp3) is 0.944. The summed E-state index contributed by atoms with van der Waals surface area (Å²) >= 11 is 0.